The molecule has 1 aromatic rings. The zero-order valence-corrected chi connectivity index (χ0v) is 11.2. The van der Waals surface area contributed by atoms with Crippen LogP contribution in [0.1, 0.15) is 0 Å². The molecule has 6 heteroatoms. The van der Waals surface area contributed by atoms with Crippen molar-refractivity contribution in [2.75, 3.05) is 32.1 Å². The van der Waals surface area contributed by atoms with Gasteiger partial charge in [-0.25, -0.2) is 0 Å². The highest BCUT2D eigenvalue weighted by Crippen LogP contribution is 2.17. The molecule has 0 fully saturated rings. The normalized spacial score (nSPS) is 9.40. The van der Waals surface area contributed by atoms with Gasteiger partial charge in [0.1, 0.15) is 5.75 Å². The van der Waals surface area contributed by atoms with Gasteiger partial charge in [0, 0.05) is 18.8 Å². The number of terminal acetylenes is 1. The van der Waals surface area contributed by atoms with Crippen LogP contribution in [-0.2, 0) is 9.59 Å². The van der Waals surface area contributed by atoms with E-state index in [1.807, 2.05) is 0 Å². The zero-order chi connectivity index (χ0) is 14.8. The van der Waals surface area contributed by atoms with Gasteiger partial charge in [0.25, 0.3) is 5.91 Å². The third-order valence-corrected chi connectivity index (χ3v) is 2.28. The van der Waals surface area contributed by atoms with Crippen LogP contribution < -0.4 is 20.7 Å². The SMILES string of the molecule is C#CCNCC(=O)Nc1cccc(OCC(=O)NC)c1. The Labute approximate surface area is 117 Å². The minimum absolute atomic E-state index is 0.0718. The van der Waals surface area contributed by atoms with Crippen LogP contribution in [0, 0.1) is 12.3 Å². The molecule has 1 rings (SSSR count). The molecule has 0 aliphatic rings. The summed E-state index contributed by atoms with van der Waals surface area (Å²) < 4.78 is 5.27. The Hall–Kier alpha value is -2.52. The summed E-state index contributed by atoms with van der Waals surface area (Å²) in [7, 11) is 1.53. The third kappa shape index (κ3) is 5.89. The Balaban J connectivity index is 2.49. The van der Waals surface area contributed by atoms with Crippen LogP contribution in [0.15, 0.2) is 24.3 Å². The molecule has 0 radical (unpaired) electrons. The number of hydrogen-bond donors (Lipinski definition) is 3. The molecule has 0 atom stereocenters. The Morgan fingerprint density at radius 1 is 1.35 bits per heavy atom. The lowest BCUT2D eigenvalue weighted by Gasteiger charge is -2.08. The summed E-state index contributed by atoms with van der Waals surface area (Å²) in [5.41, 5.74) is 0.590. The number of likely N-dealkylation sites (N-methyl/N-ethyl adjacent to an activating group) is 1. The van der Waals surface area contributed by atoms with E-state index in [0.717, 1.165) is 0 Å². The number of nitrogens with one attached hydrogen (secondary N) is 3. The van der Waals surface area contributed by atoms with E-state index in [1.165, 1.54) is 7.05 Å². The van der Waals surface area contributed by atoms with Gasteiger partial charge in [-0.2, -0.15) is 0 Å². The van der Waals surface area contributed by atoms with Gasteiger partial charge in [0.2, 0.25) is 5.91 Å². The number of carbonyl (C=O) groups excluding carboxylic acids is 2. The van der Waals surface area contributed by atoms with Crippen LogP contribution in [-0.4, -0.2) is 38.6 Å². The average Bonchev–Trinajstić information content (AvgIpc) is 2.45. The third-order valence-electron chi connectivity index (χ3n) is 2.28. The maximum absolute atomic E-state index is 11.6. The van der Waals surface area contributed by atoms with Gasteiger partial charge >= 0.3 is 0 Å². The standard InChI is InChI=1S/C14H17N3O3/c1-3-7-16-9-13(18)17-11-5-4-6-12(8-11)20-10-14(19)15-2/h1,4-6,8,16H,7,9-10H2,2H3,(H,15,19)(H,17,18). The predicted octanol–water partition coefficient (Wildman–Crippen LogP) is -0.0273. The first-order valence-corrected chi connectivity index (χ1v) is 6.03. The molecule has 0 aliphatic heterocycles. The second-order valence-electron chi connectivity index (χ2n) is 3.85. The fraction of sp³-hybridized carbons (Fsp3) is 0.286. The van der Waals surface area contributed by atoms with Crippen LogP contribution in [0.3, 0.4) is 0 Å². The van der Waals surface area contributed by atoms with E-state index in [0.29, 0.717) is 18.0 Å². The molecule has 6 nitrogen and oxygen atoms in total. The summed E-state index contributed by atoms with van der Waals surface area (Å²) >= 11 is 0. The lowest BCUT2D eigenvalue weighted by molar-refractivity contribution is -0.122. The number of rotatable bonds is 7. The summed E-state index contributed by atoms with van der Waals surface area (Å²) in [6, 6.07) is 6.80. The molecule has 3 N–H and O–H groups in total. The van der Waals surface area contributed by atoms with Gasteiger partial charge in [0.15, 0.2) is 6.61 Å². The van der Waals surface area contributed by atoms with E-state index in [2.05, 4.69) is 21.9 Å². The second-order valence-corrected chi connectivity index (χ2v) is 3.85. The van der Waals surface area contributed by atoms with E-state index in [-0.39, 0.29) is 25.0 Å². The second kappa shape index (κ2) is 8.56. The maximum atomic E-state index is 11.6. The van der Waals surface area contributed by atoms with Crippen molar-refractivity contribution in [1.82, 2.24) is 10.6 Å². The van der Waals surface area contributed by atoms with Crippen LogP contribution in [0.2, 0.25) is 0 Å². The van der Waals surface area contributed by atoms with E-state index in [4.69, 9.17) is 11.2 Å². The van der Waals surface area contributed by atoms with Crippen LogP contribution in [0.5, 0.6) is 5.75 Å². The summed E-state index contributed by atoms with van der Waals surface area (Å²) in [5.74, 6) is 2.45. The molecule has 0 spiro atoms. The summed E-state index contributed by atoms with van der Waals surface area (Å²) in [5, 5.41) is 7.93. The lowest BCUT2D eigenvalue weighted by Crippen LogP contribution is -2.28. The van der Waals surface area contributed by atoms with Crippen molar-refractivity contribution >= 4 is 17.5 Å². The first-order valence-electron chi connectivity index (χ1n) is 6.03. The van der Waals surface area contributed by atoms with Crippen LogP contribution in [0.4, 0.5) is 5.69 Å². The van der Waals surface area contributed by atoms with Crippen molar-refractivity contribution in [3.8, 4) is 18.1 Å². The minimum Gasteiger partial charge on any atom is -0.484 e. The van der Waals surface area contributed by atoms with Gasteiger partial charge < -0.3 is 15.4 Å². The van der Waals surface area contributed by atoms with E-state index in [1.54, 1.807) is 24.3 Å². The van der Waals surface area contributed by atoms with Crippen LogP contribution in [0.25, 0.3) is 0 Å². The molecule has 0 unspecified atom stereocenters. The van der Waals surface area contributed by atoms with Gasteiger partial charge in [-0.15, -0.1) is 6.42 Å². The van der Waals surface area contributed by atoms with Crippen molar-refractivity contribution in [2.45, 2.75) is 0 Å². The van der Waals surface area contributed by atoms with E-state index >= 15 is 0 Å². The van der Waals surface area contributed by atoms with Crippen molar-refractivity contribution < 1.29 is 14.3 Å². The zero-order valence-electron chi connectivity index (χ0n) is 11.2. The fourth-order valence-corrected chi connectivity index (χ4v) is 1.34. The fourth-order valence-electron chi connectivity index (χ4n) is 1.34. The van der Waals surface area contributed by atoms with Gasteiger partial charge in [-0.1, -0.05) is 12.0 Å². The molecule has 0 aliphatic carbocycles. The van der Waals surface area contributed by atoms with Crippen molar-refractivity contribution in [3.63, 3.8) is 0 Å². The molecule has 0 saturated heterocycles. The van der Waals surface area contributed by atoms with Crippen molar-refractivity contribution in [3.05, 3.63) is 24.3 Å². The largest absolute Gasteiger partial charge is 0.484 e. The minimum atomic E-state index is -0.224. The average molecular weight is 275 g/mol. The highest BCUT2D eigenvalue weighted by atomic mass is 16.5. The molecule has 2 amide bonds. The van der Waals surface area contributed by atoms with Crippen LogP contribution >= 0.6 is 0 Å². The Morgan fingerprint density at radius 2 is 2.15 bits per heavy atom. The number of hydrogen-bond acceptors (Lipinski definition) is 4. The van der Waals surface area contributed by atoms with E-state index in [9.17, 15) is 9.59 Å². The quantitative estimate of drug-likeness (QED) is 0.482. The predicted molar refractivity (Wildman–Crippen MR) is 76.3 cm³/mol. The number of carbonyl (C=O) groups is 2. The lowest BCUT2D eigenvalue weighted by atomic mass is 10.3. The molecular formula is C14H17N3O3. The number of amides is 2. The number of anilines is 1. The molecule has 0 saturated carbocycles. The molecule has 1 aromatic carbocycles. The maximum Gasteiger partial charge on any atom is 0.257 e. The first-order chi connectivity index (χ1) is 9.65. The molecule has 0 bridgehead atoms. The molecule has 0 aromatic heterocycles. The Morgan fingerprint density at radius 3 is 2.85 bits per heavy atom. The Bertz CT molecular complexity index is 509. The number of benzene rings is 1. The number of ether oxygens (including phenoxy) is 1. The molecule has 0 heterocycles. The highest BCUT2D eigenvalue weighted by Gasteiger charge is 2.04. The molecule has 106 valence electrons. The smallest absolute Gasteiger partial charge is 0.257 e. The Kier molecular flexibility index (Phi) is 6.65. The van der Waals surface area contributed by atoms with E-state index < -0.39 is 0 Å². The molecule has 20 heavy (non-hydrogen) atoms. The topological polar surface area (TPSA) is 79.5 Å². The van der Waals surface area contributed by atoms with Crippen molar-refractivity contribution in [2.24, 2.45) is 0 Å². The summed E-state index contributed by atoms with van der Waals surface area (Å²) in [6.45, 7) is 0.397. The highest BCUT2D eigenvalue weighted by molar-refractivity contribution is 5.92. The van der Waals surface area contributed by atoms with Crippen molar-refractivity contribution in [1.29, 1.82) is 0 Å². The molecular weight excluding hydrogens is 258 g/mol. The van der Waals surface area contributed by atoms with Gasteiger partial charge in [-0.05, 0) is 12.1 Å². The monoisotopic (exact) mass is 275 g/mol. The van der Waals surface area contributed by atoms with Gasteiger partial charge in [0.05, 0.1) is 13.1 Å². The first kappa shape index (κ1) is 15.5. The van der Waals surface area contributed by atoms with Gasteiger partial charge in [-0.3, -0.25) is 14.9 Å². The summed E-state index contributed by atoms with van der Waals surface area (Å²) in [4.78, 5) is 22.6. The summed E-state index contributed by atoms with van der Waals surface area (Å²) in [6.07, 6.45) is 5.06.